The molecular formula is C12H19N5O. The fourth-order valence-electron chi connectivity index (χ4n) is 2.11. The second-order valence-electron chi connectivity index (χ2n) is 4.82. The van der Waals surface area contributed by atoms with Crippen molar-refractivity contribution >= 4 is 0 Å². The van der Waals surface area contributed by atoms with Crippen LogP contribution < -0.4 is 0 Å². The van der Waals surface area contributed by atoms with E-state index in [1.54, 1.807) is 0 Å². The van der Waals surface area contributed by atoms with E-state index in [1.807, 2.05) is 0 Å². The van der Waals surface area contributed by atoms with E-state index in [-0.39, 0.29) is 6.04 Å². The zero-order chi connectivity index (χ0) is 13.0. The van der Waals surface area contributed by atoms with Gasteiger partial charge in [0.25, 0.3) is 0 Å². The van der Waals surface area contributed by atoms with Crippen molar-refractivity contribution in [3.63, 3.8) is 0 Å². The lowest BCUT2D eigenvalue weighted by atomic mass is 10.2. The van der Waals surface area contributed by atoms with E-state index in [9.17, 15) is 0 Å². The molecule has 1 aromatic heterocycles. The summed E-state index contributed by atoms with van der Waals surface area (Å²) in [7, 11) is 4.19. The van der Waals surface area contributed by atoms with Crippen molar-refractivity contribution in [2.75, 3.05) is 33.7 Å². The average Bonchev–Trinajstić information content (AvgIpc) is 2.81. The lowest BCUT2D eigenvalue weighted by Crippen LogP contribution is -2.45. The van der Waals surface area contributed by atoms with E-state index in [1.165, 1.54) is 0 Å². The van der Waals surface area contributed by atoms with Crippen LogP contribution in [0.4, 0.5) is 0 Å². The van der Waals surface area contributed by atoms with Gasteiger partial charge in [-0.2, -0.15) is 10.2 Å². The predicted octanol–water partition coefficient (Wildman–Crippen LogP) is 0.834. The number of rotatable bonds is 4. The number of aryl methyl sites for hydroxylation is 1. The molecule has 0 radical (unpaired) electrons. The maximum absolute atomic E-state index is 8.49. The van der Waals surface area contributed by atoms with E-state index < -0.39 is 0 Å². The fraction of sp³-hybridized carbons (Fsp3) is 0.750. The first-order valence-electron chi connectivity index (χ1n) is 6.29. The number of aromatic nitrogens is 2. The summed E-state index contributed by atoms with van der Waals surface area (Å²) in [6.45, 7) is 3.01. The first-order chi connectivity index (χ1) is 8.70. The van der Waals surface area contributed by atoms with Gasteiger partial charge in [-0.25, -0.2) is 0 Å². The number of unbranched alkanes of at least 4 members (excludes halogenated alkanes) is 1. The Morgan fingerprint density at radius 3 is 3.06 bits per heavy atom. The van der Waals surface area contributed by atoms with Crippen LogP contribution in [-0.4, -0.2) is 53.7 Å². The van der Waals surface area contributed by atoms with E-state index in [0.29, 0.717) is 18.7 Å². The van der Waals surface area contributed by atoms with Gasteiger partial charge in [0, 0.05) is 32.5 Å². The van der Waals surface area contributed by atoms with Gasteiger partial charge < -0.3 is 9.42 Å². The van der Waals surface area contributed by atoms with Crippen molar-refractivity contribution in [2.24, 2.45) is 0 Å². The first kappa shape index (κ1) is 13.0. The Labute approximate surface area is 107 Å². The number of hydrogen-bond acceptors (Lipinski definition) is 6. The minimum Gasteiger partial charge on any atom is -0.339 e. The molecule has 0 amide bonds. The first-order valence-corrected chi connectivity index (χ1v) is 6.29. The molecule has 98 valence electrons. The zero-order valence-corrected chi connectivity index (χ0v) is 11.0. The molecule has 6 nitrogen and oxygen atoms in total. The molecule has 0 N–H and O–H groups in total. The summed E-state index contributed by atoms with van der Waals surface area (Å²) >= 11 is 0. The average molecular weight is 249 g/mol. The van der Waals surface area contributed by atoms with E-state index in [4.69, 9.17) is 9.78 Å². The third kappa shape index (κ3) is 3.06. The van der Waals surface area contributed by atoms with Gasteiger partial charge in [0.05, 0.1) is 12.1 Å². The smallest absolute Gasteiger partial charge is 0.226 e. The van der Waals surface area contributed by atoms with Gasteiger partial charge in [0.2, 0.25) is 5.89 Å². The van der Waals surface area contributed by atoms with Gasteiger partial charge in [-0.05, 0) is 20.5 Å². The molecule has 1 fully saturated rings. The maximum Gasteiger partial charge on any atom is 0.226 e. The molecule has 18 heavy (non-hydrogen) atoms. The molecule has 0 aliphatic carbocycles. The molecular weight excluding hydrogens is 230 g/mol. The van der Waals surface area contributed by atoms with Crippen LogP contribution in [-0.2, 0) is 6.42 Å². The summed E-state index contributed by atoms with van der Waals surface area (Å²) in [5, 5.41) is 12.6. The summed E-state index contributed by atoms with van der Waals surface area (Å²) < 4.78 is 5.23. The Morgan fingerprint density at radius 1 is 1.44 bits per heavy atom. The highest BCUT2D eigenvalue weighted by molar-refractivity contribution is 4.98. The SMILES string of the molecule is CN1CCN(C)C(c2noc(CCCC#N)n2)C1. The van der Waals surface area contributed by atoms with E-state index >= 15 is 0 Å². The van der Waals surface area contributed by atoms with Gasteiger partial charge in [-0.1, -0.05) is 5.16 Å². The van der Waals surface area contributed by atoms with Crippen LogP contribution in [0, 0.1) is 11.3 Å². The Bertz CT molecular complexity index is 424. The summed E-state index contributed by atoms with van der Waals surface area (Å²) in [5.41, 5.74) is 0. The van der Waals surface area contributed by atoms with Crippen LogP contribution >= 0.6 is 0 Å². The Balaban J connectivity index is 1.98. The monoisotopic (exact) mass is 249 g/mol. The van der Waals surface area contributed by atoms with E-state index in [2.05, 4.69) is 40.1 Å². The zero-order valence-electron chi connectivity index (χ0n) is 11.0. The van der Waals surface area contributed by atoms with Crippen molar-refractivity contribution in [3.05, 3.63) is 11.7 Å². The second-order valence-corrected chi connectivity index (χ2v) is 4.82. The molecule has 1 saturated heterocycles. The lowest BCUT2D eigenvalue weighted by molar-refractivity contribution is 0.108. The van der Waals surface area contributed by atoms with Crippen molar-refractivity contribution in [2.45, 2.75) is 25.3 Å². The minimum absolute atomic E-state index is 0.206. The summed E-state index contributed by atoms with van der Waals surface area (Å²) in [6.07, 6.45) is 2.00. The number of likely N-dealkylation sites (N-methyl/N-ethyl adjacent to an activating group) is 2. The lowest BCUT2D eigenvalue weighted by Gasteiger charge is -2.35. The molecule has 1 aliphatic heterocycles. The molecule has 6 heteroatoms. The van der Waals surface area contributed by atoms with Gasteiger partial charge in [-0.15, -0.1) is 0 Å². The van der Waals surface area contributed by atoms with E-state index in [0.717, 1.165) is 31.9 Å². The fourth-order valence-corrected chi connectivity index (χ4v) is 2.11. The summed E-state index contributed by atoms with van der Waals surface area (Å²) in [4.78, 5) is 8.96. The molecule has 0 aromatic carbocycles. The van der Waals surface area contributed by atoms with Crippen LogP contribution in [0.5, 0.6) is 0 Å². The van der Waals surface area contributed by atoms with Gasteiger partial charge in [-0.3, -0.25) is 4.90 Å². The Hall–Kier alpha value is -1.45. The number of piperazine rings is 1. The van der Waals surface area contributed by atoms with Crippen LogP contribution in [0.25, 0.3) is 0 Å². The van der Waals surface area contributed by atoms with Gasteiger partial charge >= 0.3 is 0 Å². The van der Waals surface area contributed by atoms with Crippen molar-refractivity contribution in [1.29, 1.82) is 5.26 Å². The van der Waals surface area contributed by atoms with Crippen LogP contribution in [0.15, 0.2) is 4.52 Å². The molecule has 0 bridgehead atoms. The van der Waals surface area contributed by atoms with Crippen molar-refractivity contribution < 1.29 is 4.52 Å². The molecule has 1 unspecified atom stereocenters. The van der Waals surface area contributed by atoms with Crippen LogP contribution in [0.3, 0.4) is 0 Å². The molecule has 2 rings (SSSR count). The molecule has 1 aromatic rings. The third-order valence-corrected chi connectivity index (χ3v) is 3.31. The Morgan fingerprint density at radius 2 is 2.28 bits per heavy atom. The highest BCUT2D eigenvalue weighted by Gasteiger charge is 2.27. The predicted molar refractivity (Wildman–Crippen MR) is 65.7 cm³/mol. The topological polar surface area (TPSA) is 69.2 Å². The van der Waals surface area contributed by atoms with Crippen LogP contribution in [0.2, 0.25) is 0 Å². The highest BCUT2D eigenvalue weighted by atomic mass is 16.5. The standard InChI is InChI=1S/C12H19N5O/c1-16-7-8-17(2)10(9-16)12-14-11(18-15-12)5-3-4-6-13/h10H,3-5,7-9H2,1-2H3. The molecule has 1 atom stereocenters. The molecule has 2 heterocycles. The third-order valence-electron chi connectivity index (χ3n) is 3.31. The number of hydrogen-bond donors (Lipinski definition) is 0. The maximum atomic E-state index is 8.49. The molecule has 1 aliphatic rings. The van der Waals surface area contributed by atoms with Gasteiger partial charge in [0.15, 0.2) is 5.82 Å². The van der Waals surface area contributed by atoms with Gasteiger partial charge in [0.1, 0.15) is 0 Å². The second kappa shape index (κ2) is 5.94. The number of nitrogens with zero attached hydrogens (tertiary/aromatic N) is 5. The van der Waals surface area contributed by atoms with Crippen molar-refractivity contribution in [3.8, 4) is 6.07 Å². The largest absolute Gasteiger partial charge is 0.339 e. The summed E-state index contributed by atoms with van der Waals surface area (Å²) in [6, 6.07) is 2.32. The van der Waals surface area contributed by atoms with Crippen LogP contribution in [0.1, 0.15) is 30.6 Å². The van der Waals surface area contributed by atoms with Crippen molar-refractivity contribution in [1.82, 2.24) is 19.9 Å². The normalized spacial score (nSPS) is 21.9. The molecule has 0 saturated carbocycles. The minimum atomic E-state index is 0.206. The highest BCUT2D eigenvalue weighted by Crippen LogP contribution is 2.21. The Kier molecular flexibility index (Phi) is 4.28. The number of nitriles is 1. The molecule has 0 spiro atoms. The quantitative estimate of drug-likeness (QED) is 0.736. The summed E-state index contributed by atoms with van der Waals surface area (Å²) in [5.74, 6) is 1.40.